The second kappa shape index (κ2) is 25.3. The van der Waals surface area contributed by atoms with Crippen LogP contribution in [-0.2, 0) is 4.79 Å². The molecule has 0 saturated carbocycles. The van der Waals surface area contributed by atoms with E-state index in [9.17, 15) is 9.90 Å². The quantitative estimate of drug-likeness (QED) is 0.193. The van der Waals surface area contributed by atoms with E-state index < -0.39 is 5.97 Å². The van der Waals surface area contributed by atoms with Crippen LogP contribution in [0.15, 0.2) is 0 Å². The van der Waals surface area contributed by atoms with Crippen LogP contribution in [0.4, 0.5) is 0 Å². The Hall–Kier alpha value is 1.07. The average Bonchev–Trinajstić information content (AvgIpc) is 2.68. The van der Waals surface area contributed by atoms with E-state index in [2.05, 4.69) is 25.7 Å². The van der Waals surface area contributed by atoms with E-state index in [1.54, 1.807) is 0 Å². The molecule has 0 spiro atoms. The molecule has 0 aromatic carbocycles. The molecule has 1 unspecified atom stereocenters. The molecule has 29 heavy (non-hydrogen) atoms. The molecule has 0 aromatic heterocycles. The minimum atomic E-state index is -0.854. The summed E-state index contributed by atoms with van der Waals surface area (Å²) in [6.07, 6.45) is 21.7. The predicted molar refractivity (Wildman–Crippen MR) is 120 cm³/mol. The number of aliphatic carboxylic acids is 1. The number of carbonyl (C=O) groups is 1. The van der Waals surface area contributed by atoms with Gasteiger partial charge in [0.15, 0.2) is 0 Å². The SMILES string of the molecule is CCCCCCCCN(CCCCCCCC)C(CCCCCCC)C(=O)[O-].[K+]. The largest absolute Gasteiger partial charge is 1.00 e. The van der Waals surface area contributed by atoms with Crippen LogP contribution in [0.5, 0.6) is 0 Å². The zero-order valence-electron chi connectivity index (χ0n) is 20.5. The summed E-state index contributed by atoms with van der Waals surface area (Å²) in [5, 5.41) is 11.9. The van der Waals surface area contributed by atoms with E-state index >= 15 is 0 Å². The Morgan fingerprint density at radius 3 is 1.34 bits per heavy atom. The van der Waals surface area contributed by atoms with Gasteiger partial charge in [-0.15, -0.1) is 0 Å². The Kier molecular flexibility index (Phi) is 28.2. The van der Waals surface area contributed by atoms with Gasteiger partial charge in [-0.1, -0.05) is 117 Å². The number of nitrogens with zero attached hydrogens (tertiary/aromatic N) is 1. The molecule has 0 heterocycles. The summed E-state index contributed by atoms with van der Waals surface area (Å²) in [5.41, 5.74) is 0. The van der Waals surface area contributed by atoms with Crippen molar-refractivity contribution in [3.63, 3.8) is 0 Å². The van der Waals surface area contributed by atoms with Crippen LogP contribution in [0.3, 0.4) is 0 Å². The molecule has 0 saturated heterocycles. The molecule has 168 valence electrons. The first-order chi connectivity index (χ1) is 13.7. The van der Waals surface area contributed by atoms with Crippen molar-refractivity contribution in [2.75, 3.05) is 13.1 Å². The summed E-state index contributed by atoms with van der Waals surface area (Å²) in [7, 11) is 0. The first-order valence-corrected chi connectivity index (χ1v) is 12.6. The number of unbranched alkanes of at least 4 members (excludes halogenated alkanes) is 14. The maximum Gasteiger partial charge on any atom is 1.00 e. The summed E-state index contributed by atoms with van der Waals surface area (Å²) >= 11 is 0. The normalized spacial score (nSPS) is 12.1. The van der Waals surface area contributed by atoms with Crippen molar-refractivity contribution >= 4 is 5.97 Å². The Balaban J connectivity index is 0. The minimum Gasteiger partial charge on any atom is -0.548 e. The van der Waals surface area contributed by atoms with E-state index in [-0.39, 0.29) is 57.4 Å². The van der Waals surface area contributed by atoms with E-state index in [0.717, 1.165) is 45.2 Å². The van der Waals surface area contributed by atoms with Gasteiger partial charge in [0.1, 0.15) is 0 Å². The van der Waals surface area contributed by atoms with Gasteiger partial charge in [-0.2, -0.15) is 0 Å². The van der Waals surface area contributed by atoms with Gasteiger partial charge in [-0.25, -0.2) is 0 Å². The Bertz CT molecular complexity index is 323. The molecule has 0 aliphatic carbocycles. The average molecular weight is 436 g/mol. The van der Waals surface area contributed by atoms with Gasteiger partial charge >= 0.3 is 51.4 Å². The van der Waals surface area contributed by atoms with Crippen molar-refractivity contribution in [3.8, 4) is 0 Å². The molecule has 3 nitrogen and oxygen atoms in total. The van der Waals surface area contributed by atoms with Crippen molar-refractivity contribution in [2.45, 2.75) is 142 Å². The van der Waals surface area contributed by atoms with Gasteiger partial charge in [0.05, 0.1) is 5.97 Å². The number of hydrogen-bond acceptors (Lipinski definition) is 3. The number of carbonyl (C=O) groups excluding carboxylic acids is 1. The fraction of sp³-hybridized carbons (Fsp3) is 0.960. The summed E-state index contributed by atoms with van der Waals surface area (Å²) in [6.45, 7) is 8.55. The molecule has 1 atom stereocenters. The second-order valence-electron chi connectivity index (χ2n) is 8.61. The van der Waals surface area contributed by atoms with Crippen LogP contribution >= 0.6 is 0 Å². The van der Waals surface area contributed by atoms with Gasteiger partial charge in [-0.3, -0.25) is 4.90 Å². The summed E-state index contributed by atoms with van der Waals surface area (Å²) in [6, 6.07) is -0.382. The van der Waals surface area contributed by atoms with Crippen molar-refractivity contribution in [2.24, 2.45) is 0 Å². The van der Waals surface area contributed by atoms with Crippen LogP contribution in [0, 0.1) is 0 Å². The fourth-order valence-electron chi connectivity index (χ4n) is 4.00. The molecule has 0 amide bonds. The van der Waals surface area contributed by atoms with Crippen molar-refractivity contribution in [1.29, 1.82) is 0 Å². The Morgan fingerprint density at radius 2 is 0.966 bits per heavy atom. The van der Waals surface area contributed by atoms with Gasteiger partial charge in [0.25, 0.3) is 0 Å². The molecule has 0 aliphatic heterocycles. The monoisotopic (exact) mass is 435 g/mol. The maximum atomic E-state index is 11.9. The Labute approximate surface area is 225 Å². The zero-order valence-corrected chi connectivity index (χ0v) is 23.6. The first kappa shape index (κ1) is 32.2. The van der Waals surface area contributed by atoms with Crippen LogP contribution < -0.4 is 56.5 Å². The maximum absolute atomic E-state index is 11.9. The second-order valence-corrected chi connectivity index (χ2v) is 8.61. The molecule has 0 bridgehead atoms. The standard InChI is InChI=1S/C25H51NO2.K/c1-4-7-10-13-16-19-22-26(23-20-17-14-11-8-5-2)24(25(27)28)21-18-15-12-9-6-3;/h24H,4-23H2,1-3H3,(H,27,28);/q;+1/p-1. The van der Waals surface area contributed by atoms with Gasteiger partial charge in [0.2, 0.25) is 0 Å². The molecule has 0 radical (unpaired) electrons. The van der Waals surface area contributed by atoms with Crippen molar-refractivity contribution in [3.05, 3.63) is 0 Å². The smallest absolute Gasteiger partial charge is 0.548 e. The first-order valence-electron chi connectivity index (χ1n) is 12.6. The third-order valence-electron chi connectivity index (χ3n) is 5.89. The van der Waals surface area contributed by atoms with Gasteiger partial charge < -0.3 is 9.90 Å². The summed E-state index contributed by atoms with van der Waals surface area (Å²) in [4.78, 5) is 14.1. The molecule has 0 aliphatic rings. The minimum absolute atomic E-state index is 0. The van der Waals surface area contributed by atoms with E-state index in [1.165, 1.54) is 83.5 Å². The molecule has 0 N–H and O–H groups in total. The van der Waals surface area contributed by atoms with Gasteiger partial charge in [-0.05, 0) is 32.4 Å². The van der Waals surface area contributed by atoms with Crippen LogP contribution in [0.2, 0.25) is 0 Å². The Morgan fingerprint density at radius 1 is 0.621 bits per heavy atom. The molecule has 0 aromatic rings. The topological polar surface area (TPSA) is 43.4 Å². The molecule has 4 heteroatoms. The fourth-order valence-corrected chi connectivity index (χ4v) is 4.00. The van der Waals surface area contributed by atoms with Crippen LogP contribution in [0.25, 0.3) is 0 Å². The predicted octanol–water partition coefficient (Wildman–Crippen LogP) is 3.49. The van der Waals surface area contributed by atoms with Crippen LogP contribution in [-0.4, -0.2) is 30.0 Å². The van der Waals surface area contributed by atoms with E-state index in [1.807, 2.05) is 0 Å². The summed E-state index contributed by atoms with van der Waals surface area (Å²) in [5.74, 6) is -0.854. The number of rotatable bonds is 22. The van der Waals surface area contributed by atoms with Crippen molar-refractivity contribution in [1.82, 2.24) is 4.90 Å². The number of carboxylic acids is 1. The molecular formula is C25H50KNO2. The molecular weight excluding hydrogens is 385 g/mol. The van der Waals surface area contributed by atoms with Gasteiger partial charge in [0, 0.05) is 6.04 Å². The third kappa shape index (κ3) is 20.7. The van der Waals surface area contributed by atoms with E-state index in [4.69, 9.17) is 0 Å². The van der Waals surface area contributed by atoms with E-state index in [0.29, 0.717) is 0 Å². The van der Waals surface area contributed by atoms with Crippen molar-refractivity contribution < 1.29 is 61.3 Å². The molecule has 0 rings (SSSR count). The zero-order chi connectivity index (χ0) is 20.9. The molecule has 0 fully saturated rings. The number of carboxylic acid groups (broad SMARTS) is 1. The third-order valence-corrected chi connectivity index (χ3v) is 5.89. The van der Waals surface area contributed by atoms with Crippen LogP contribution in [0.1, 0.15) is 136 Å². The number of hydrogen-bond donors (Lipinski definition) is 0. The summed E-state index contributed by atoms with van der Waals surface area (Å²) < 4.78 is 0.